The minimum Gasteiger partial charge on any atom is -0.506 e. The van der Waals surface area contributed by atoms with Crippen molar-refractivity contribution in [3.8, 4) is 5.75 Å². The van der Waals surface area contributed by atoms with Crippen LogP contribution in [0.2, 0.25) is 0 Å². The van der Waals surface area contributed by atoms with E-state index in [0.29, 0.717) is 31.0 Å². The number of phenolic OH excluding ortho intramolecular Hbond substituents is 1. The SMILES string of the molecule is CCOC(=O)CNC1CCCCC1.Oc1ccccc1NC1CC1. The normalized spacial score (nSPS) is 17.5. The molecule has 1 aromatic carbocycles. The van der Waals surface area contributed by atoms with Crippen LogP contribution in [-0.4, -0.2) is 36.3 Å². The van der Waals surface area contributed by atoms with Crippen LogP contribution in [0.4, 0.5) is 5.69 Å². The van der Waals surface area contributed by atoms with Gasteiger partial charge in [-0.25, -0.2) is 0 Å². The van der Waals surface area contributed by atoms with Crippen LogP contribution in [0, 0.1) is 0 Å². The quantitative estimate of drug-likeness (QED) is 0.549. The van der Waals surface area contributed by atoms with E-state index in [1.807, 2.05) is 25.1 Å². The maximum absolute atomic E-state index is 11.0. The third-order valence-electron chi connectivity index (χ3n) is 4.29. The number of benzene rings is 1. The van der Waals surface area contributed by atoms with Crippen molar-refractivity contribution in [2.45, 2.75) is 64.0 Å². The molecule has 0 amide bonds. The number of anilines is 1. The average Bonchev–Trinajstić information content (AvgIpc) is 3.41. The smallest absolute Gasteiger partial charge is 0.319 e. The summed E-state index contributed by atoms with van der Waals surface area (Å²) in [5.74, 6) is 0.215. The lowest BCUT2D eigenvalue weighted by molar-refractivity contribution is -0.142. The van der Waals surface area contributed by atoms with Crippen molar-refractivity contribution in [2.24, 2.45) is 0 Å². The Labute approximate surface area is 144 Å². The van der Waals surface area contributed by atoms with Gasteiger partial charge in [-0.1, -0.05) is 31.4 Å². The molecule has 2 fully saturated rings. The van der Waals surface area contributed by atoms with E-state index in [9.17, 15) is 9.90 Å². The van der Waals surface area contributed by atoms with Gasteiger partial charge >= 0.3 is 5.97 Å². The van der Waals surface area contributed by atoms with Crippen LogP contribution in [0.15, 0.2) is 24.3 Å². The van der Waals surface area contributed by atoms with Gasteiger partial charge in [0.25, 0.3) is 0 Å². The van der Waals surface area contributed by atoms with Gasteiger partial charge in [0.2, 0.25) is 0 Å². The zero-order valence-corrected chi connectivity index (χ0v) is 14.6. The van der Waals surface area contributed by atoms with Crippen LogP contribution in [0.25, 0.3) is 0 Å². The molecule has 0 unspecified atom stereocenters. The second-order valence-electron chi connectivity index (χ2n) is 6.46. The first kappa shape index (κ1) is 18.6. The molecule has 0 spiro atoms. The Morgan fingerprint density at radius 2 is 1.83 bits per heavy atom. The van der Waals surface area contributed by atoms with Gasteiger partial charge in [-0.3, -0.25) is 4.79 Å². The highest BCUT2D eigenvalue weighted by Crippen LogP contribution is 2.29. The van der Waals surface area contributed by atoms with Crippen molar-refractivity contribution < 1.29 is 14.6 Å². The number of ether oxygens (including phenoxy) is 1. The number of hydrogen-bond acceptors (Lipinski definition) is 5. The fourth-order valence-electron chi connectivity index (χ4n) is 2.79. The zero-order chi connectivity index (χ0) is 17.2. The molecule has 0 saturated heterocycles. The first-order valence-corrected chi connectivity index (χ1v) is 9.12. The zero-order valence-electron chi connectivity index (χ0n) is 14.6. The molecule has 0 heterocycles. The number of rotatable bonds is 6. The van der Waals surface area contributed by atoms with Gasteiger partial charge in [0, 0.05) is 12.1 Å². The molecule has 0 aromatic heterocycles. The van der Waals surface area contributed by atoms with E-state index in [0.717, 1.165) is 5.69 Å². The number of esters is 1. The summed E-state index contributed by atoms with van der Waals surface area (Å²) in [7, 11) is 0. The monoisotopic (exact) mass is 334 g/mol. The molecule has 0 bridgehead atoms. The van der Waals surface area contributed by atoms with Crippen molar-refractivity contribution in [1.82, 2.24) is 5.32 Å². The highest BCUT2D eigenvalue weighted by Gasteiger charge is 2.21. The van der Waals surface area contributed by atoms with Crippen LogP contribution in [-0.2, 0) is 9.53 Å². The molecule has 5 nitrogen and oxygen atoms in total. The largest absolute Gasteiger partial charge is 0.506 e. The van der Waals surface area contributed by atoms with Crippen molar-refractivity contribution in [1.29, 1.82) is 0 Å². The Morgan fingerprint density at radius 1 is 1.12 bits per heavy atom. The van der Waals surface area contributed by atoms with Crippen LogP contribution in [0.5, 0.6) is 5.75 Å². The molecule has 0 radical (unpaired) electrons. The van der Waals surface area contributed by atoms with Gasteiger partial charge in [-0.15, -0.1) is 0 Å². The van der Waals surface area contributed by atoms with Gasteiger partial charge in [-0.2, -0.15) is 0 Å². The maximum Gasteiger partial charge on any atom is 0.319 e. The number of hydrogen-bond donors (Lipinski definition) is 3. The summed E-state index contributed by atoms with van der Waals surface area (Å²) in [6.45, 7) is 2.68. The molecule has 24 heavy (non-hydrogen) atoms. The lowest BCUT2D eigenvalue weighted by atomic mass is 9.96. The fraction of sp³-hybridized carbons (Fsp3) is 0.632. The summed E-state index contributed by atoms with van der Waals surface area (Å²) in [6, 6.07) is 8.48. The van der Waals surface area contributed by atoms with E-state index >= 15 is 0 Å². The van der Waals surface area contributed by atoms with Crippen LogP contribution in [0.1, 0.15) is 51.9 Å². The number of carbonyl (C=O) groups excluding carboxylic acids is 1. The van der Waals surface area contributed by atoms with Gasteiger partial charge in [0.15, 0.2) is 0 Å². The third-order valence-corrected chi connectivity index (χ3v) is 4.29. The van der Waals surface area contributed by atoms with Crippen molar-refractivity contribution in [2.75, 3.05) is 18.5 Å². The topological polar surface area (TPSA) is 70.6 Å². The Hall–Kier alpha value is -1.75. The maximum atomic E-state index is 11.0. The third kappa shape index (κ3) is 7.21. The van der Waals surface area contributed by atoms with E-state index in [1.165, 1.54) is 44.9 Å². The second kappa shape index (κ2) is 10.2. The summed E-state index contributed by atoms with van der Waals surface area (Å²) in [4.78, 5) is 11.0. The minimum absolute atomic E-state index is 0.131. The first-order chi connectivity index (χ1) is 11.7. The predicted octanol–water partition coefficient (Wildman–Crippen LogP) is 3.44. The standard InChI is InChI=1S/C10H19NO2.C9H11NO/c1-2-13-10(12)8-11-9-6-4-3-5-7-9;11-9-4-2-1-3-8(9)10-7-5-6-7/h9,11H,2-8H2,1H3;1-4,7,10-11H,5-6H2. The predicted molar refractivity (Wildman–Crippen MR) is 96.3 cm³/mol. The molecule has 0 atom stereocenters. The highest BCUT2D eigenvalue weighted by molar-refractivity contribution is 5.71. The van der Waals surface area contributed by atoms with E-state index in [-0.39, 0.29) is 5.97 Å². The molecule has 2 saturated carbocycles. The highest BCUT2D eigenvalue weighted by atomic mass is 16.5. The summed E-state index contributed by atoms with van der Waals surface area (Å²) in [6.07, 6.45) is 8.81. The Kier molecular flexibility index (Phi) is 7.89. The summed E-state index contributed by atoms with van der Waals surface area (Å²) in [5, 5.41) is 15.8. The summed E-state index contributed by atoms with van der Waals surface area (Å²) in [5.41, 5.74) is 0.856. The Morgan fingerprint density at radius 3 is 2.46 bits per heavy atom. The van der Waals surface area contributed by atoms with E-state index in [2.05, 4.69) is 10.6 Å². The van der Waals surface area contributed by atoms with Crippen LogP contribution >= 0.6 is 0 Å². The lowest BCUT2D eigenvalue weighted by Gasteiger charge is -2.22. The molecule has 2 aliphatic carbocycles. The minimum atomic E-state index is -0.131. The molecule has 3 rings (SSSR count). The van der Waals surface area contributed by atoms with Crippen LogP contribution < -0.4 is 10.6 Å². The molecule has 3 N–H and O–H groups in total. The Bertz CT molecular complexity index is 497. The molecule has 0 aliphatic heterocycles. The van der Waals surface area contributed by atoms with Crippen molar-refractivity contribution in [3.05, 3.63) is 24.3 Å². The molecule has 1 aromatic rings. The van der Waals surface area contributed by atoms with Crippen molar-refractivity contribution >= 4 is 11.7 Å². The lowest BCUT2D eigenvalue weighted by Crippen LogP contribution is -2.35. The van der Waals surface area contributed by atoms with Gasteiger partial charge in [0.1, 0.15) is 5.75 Å². The number of nitrogens with one attached hydrogen (secondary N) is 2. The van der Waals surface area contributed by atoms with Gasteiger partial charge in [-0.05, 0) is 44.7 Å². The molecular formula is C19H30N2O3. The molecule has 134 valence electrons. The Balaban J connectivity index is 0.000000175. The van der Waals surface area contributed by atoms with Crippen molar-refractivity contribution in [3.63, 3.8) is 0 Å². The van der Waals surface area contributed by atoms with Crippen LogP contribution in [0.3, 0.4) is 0 Å². The number of para-hydroxylation sites is 2. The van der Waals surface area contributed by atoms with Gasteiger partial charge < -0.3 is 20.5 Å². The van der Waals surface area contributed by atoms with E-state index < -0.39 is 0 Å². The summed E-state index contributed by atoms with van der Waals surface area (Å²) >= 11 is 0. The molecule has 2 aliphatic rings. The average molecular weight is 334 g/mol. The molecule has 5 heteroatoms. The fourth-order valence-corrected chi connectivity index (χ4v) is 2.79. The first-order valence-electron chi connectivity index (χ1n) is 9.12. The number of carbonyl (C=O) groups is 1. The molecular weight excluding hydrogens is 304 g/mol. The summed E-state index contributed by atoms with van der Waals surface area (Å²) < 4.78 is 4.83. The number of aromatic hydroxyl groups is 1. The van der Waals surface area contributed by atoms with E-state index in [4.69, 9.17) is 4.74 Å². The number of phenols is 1. The second-order valence-corrected chi connectivity index (χ2v) is 6.46. The van der Waals surface area contributed by atoms with E-state index in [1.54, 1.807) is 6.07 Å². The van der Waals surface area contributed by atoms with Gasteiger partial charge in [0.05, 0.1) is 18.8 Å².